The molecule has 0 saturated carbocycles. The Morgan fingerprint density at radius 2 is 2.26 bits per heavy atom. The van der Waals surface area contributed by atoms with Crippen LogP contribution in [0.15, 0.2) is 17.5 Å². The molecule has 4 heteroatoms. The smallest absolute Gasteiger partial charge is 0.222 e. The van der Waals surface area contributed by atoms with Gasteiger partial charge < -0.3 is 4.90 Å². The highest BCUT2D eigenvalue weighted by Gasteiger charge is 2.24. The number of carbonyl (C=O) groups excluding carboxylic acids is 1. The SMILES string of the molecule is CC(Br)C1CCN(C(=O)CCCc2cccs2)CC1. The van der Waals surface area contributed by atoms with Crippen LogP contribution in [0.3, 0.4) is 0 Å². The van der Waals surface area contributed by atoms with Gasteiger partial charge in [-0.3, -0.25) is 4.79 Å². The average molecular weight is 344 g/mol. The number of thiophene rings is 1. The summed E-state index contributed by atoms with van der Waals surface area (Å²) in [6.07, 6.45) is 5.00. The van der Waals surface area contributed by atoms with Crippen molar-refractivity contribution in [3.63, 3.8) is 0 Å². The fourth-order valence-corrected chi connectivity index (χ4v) is 3.91. The summed E-state index contributed by atoms with van der Waals surface area (Å²) >= 11 is 5.44. The molecule has 2 nitrogen and oxygen atoms in total. The number of nitrogens with zero attached hydrogens (tertiary/aromatic N) is 1. The number of rotatable bonds is 5. The lowest BCUT2D eigenvalue weighted by Crippen LogP contribution is -2.39. The number of halogens is 1. The van der Waals surface area contributed by atoms with E-state index in [-0.39, 0.29) is 0 Å². The summed E-state index contributed by atoms with van der Waals surface area (Å²) in [7, 11) is 0. The third kappa shape index (κ3) is 4.60. The second kappa shape index (κ2) is 7.44. The van der Waals surface area contributed by atoms with E-state index in [4.69, 9.17) is 0 Å². The summed E-state index contributed by atoms with van der Waals surface area (Å²) in [6, 6.07) is 4.23. The van der Waals surface area contributed by atoms with Gasteiger partial charge in [0.1, 0.15) is 0 Å². The molecule has 1 aliphatic heterocycles. The average Bonchev–Trinajstić information content (AvgIpc) is 2.92. The van der Waals surface area contributed by atoms with Gasteiger partial charge in [0.25, 0.3) is 0 Å². The van der Waals surface area contributed by atoms with E-state index < -0.39 is 0 Å². The quantitative estimate of drug-likeness (QED) is 0.737. The van der Waals surface area contributed by atoms with Crippen LogP contribution in [0.4, 0.5) is 0 Å². The van der Waals surface area contributed by atoms with Crippen molar-refractivity contribution < 1.29 is 4.79 Å². The van der Waals surface area contributed by atoms with Crippen LogP contribution in [-0.2, 0) is 11.2 Å². The fourth-order valence-electron chi connectivity index (χ4n) is 2.63. The highest BCUT2D eigenvalue weighted by Crippen LogP contribution is 2.25. The molecule has 1 aromatic heterocycles. The first-order valence-electron chi connectivity index (χ1n) is 7.11. The van der Waals surface area contributed by atoms with Gasteiger partial charge in [0, 0.05) is 29.2 Å². The molecule has 1 amide bonds. The van der Waals surface area contributed by atoms with Gasteiger partial charge in [0.15, 0.2) is 0 Å². The Hall–Kier alpha value is -0.350. The predicted molar refractivity (Wildman–Crippen MR) is 85.0 cm³/mol. The summed E-state index contributed by atoms with van der Waals surface area (Å²) in [6.45, 7) is 4.10. The minimum Gasteiger partial charge on any atom is -0.343 e. The molecule has 1 atom stereocenters. The lowest BCUT2D eigenvalue weighted by Gasteiger charge is -2.33. The molecule has 1 saturated heterocycles. The molecule has 0 aromatic carbocycles. The van der Waals surface area contributed by atoms with Gasteiger partial charge in [-0.25, -0.2) is 0 Å². The van der Waals surface area contributed by atoms with Crippen molar-refractivity contribution in [1.82, 2.24) is 4.90 Å². The molecule has 1 aromatic rings. The van der Waals surface area contributed by atoms with Crippen LogP contribution in [0.2, 0.25) is 0 Å². The molecular weight excluding hydrogens is 322 g/mol. The molecule has 0 radical (unpaired) electrons. The van der Waals surface area contributed by atoms with Gasteiger partial charge in [-0.05, 0) is 43.0 Å². The second-order valence-corrected chi connectivity index (χ2v) is 7.81. The fraction of sp³-hybridized carbons (Fsp3) is 0.667. The van der Waals surface area contributed by atoms with E-state index in [0.29, 0.717) is 17.2 Å². The predicted octanol–water partition coefficient (Wildman–Crippen LogP) is 4.09. The van der Waals surface area contributed by atoms with Gasteiger partial charge in [-0.15, -0.1) is 11.3 Å². The first kappa shape index (κ1) is 15.0. The van der Waals surface area contributed by atoms with Gasteiger partial charge in [-0.2, -0.15) is 0 Å². The zero-order valence-electron chi connectivity index (χ0n) is 11.5. The maximum atomic E-state index is 12.1. The van der Waals surface area contributed by atoms with Crippen LogP contribution in [0.25, 0.3) is 0 Å². The number of hydrogen-bond donors (Lipinski definition) is 0. The van der Waals surface area contributed by atoms with Crippen LogP contribution in [0.5, 0.6) is 0 Å². The van der Waals surface area contributed by atoms with Gasteiger partial charge in [0.05, 0.1) is 0 Å². The van der Waals surface area contributed by atoms with E-state index in [2.05, 4.69) is 45.3 Å². The molecule has 19 heavy (non-hydrogen) atoms. The van der Waals surface area contributed by atoms with E-state index in [9.17, 15) is 4.79 Å². The summed E-state index contributed by atoms with van der Waals surface area (Å²) in [5.41, 5.74) is 0. The molecule has 1 aliphatic rings. The van der Waals surface area contributed by atoms with Crippen molar-refractivity contribution in [2.24, 2.45) is 5.92 Å². The first-order valence-corrected chi connectivity index (χ1v) is 8.90. The van der Waals surface area contributed by atoms with Crippen molar-refractivity contribution in [3.05, 3.63) is 22.4 Å². The Kier molecular flexibility index (Phi) is 5.89. The first-order chi connectivity index (χ1) is 9.16. The second-order valence-electron chi connectivity index (χ2n) is 5.33. The molecule has 2 heterocycles. The number of piperidine rings is 1. The monoisotopic (exact) mass is 343 g/mol. The molecule has 0 N–H and O–H groups in total. The van der Waals surface area contributed by atoms with E-state index >= 15 is 0 Å². The zero-order valence-corrected chi connectivity index (χ0v) is 13.9. The van der Waals surface area contributed by atoms with Crippen molar-refractivity contribution in [2.45, 2.75) is 43.9 Å². The Balaban J connectivity index is 1.67. The van der Waals surface area contributed by atoms with Crippen LogP contribution in [0.1, 0.15) is 37.5 Å². The maximum Gasteiger partial charge on any atom is 0.222 e. The maximum absolute atomic E-state index is 12.1. The molecule has 106 valence electrons. The largest absolute Gasteiger partial charge is 0.343 e. The van der Waals surface area contributed by atoms with E-state index in [0.717, 1.165) is 44.7 Å². The Bertz CT molecular complexity index is 383. The van der Waals surface area contributed by atoms with Crippen LogP contribution in [0, 0.1) is 5.92 Å². The normalized spacial score (nSPS) is 18.5. The van der Waals surface area contributed by atoms with Gasteiger partial charge in [-0.1, -0.05) is 28.9 Å². The standard InChI is InChI=1S/C15H22BrNOS/c1-12(16)13-7-9-17(10-8-13)15(18)6-2-4-14-5-3-11-19-14/h3,5,11-13H,2,4,6-10H2,1H3. The van der Waals surface area contributed by atoms with Crippen molar-refractivity contribution in [2.75, 3.05) is 13.1 Å². The zero-order chi connectivity index (χ0) is 13.7. The van der Waals surface area contributed by atoms with E-state index in [1.54, 1.807) is 11.3 Å². The van der Waals surface area contributed by atoms with Gasteiger partial charge in [0.2, 0.25) is 5.91 Å². The molecular formula is C15H22BrNOS. The third-order valence-corrected chi connectivity index (χ3v) is 5.62. The van der Waals surface area contributed by atoms with E-state index in [1.807, 2.05) is 0 Å². The van der Waals surface area contributed by atoms with Crippen LogP contribution < -0.4 is 0 Å². The Labute approximate surface area is 128 Å². The minimum absolute atomic E-state index is 0.345. The highest BCUT2D eigenvalue weighted by atomic mass is 79.9. The lowest BCUT2D eigenvalue weighted by atomic mass is 9.94. The third-order valence-electron chi connectivity index (χ3n) is 3.94. The minimum atomic E-state index is 0.345. The summed E-state index contributed by atoms with van der Waals surface area (Å²) in [5.74, 6) is 1.08. The Morgan fingerprint density at radius 1 is 1.53 bits per heavy atom. The summed E-state index contributed by atoms with van der Waals surface area (Å²) in [4.78, 5) is 16.1. The molecule has 0 bridgehead atoms. The number of aryl methyl sites for hydroxylation is 1. The van der Waals surface area contributed by atoms with E-state index in [1.165, 1.54) is 4.88 Å². The molecule has 1 unspecified atom stereocenters. The molecule has 0 spiro atoms. The molecule has 2 rings (SSSR count). The van der Waals surface area contributed by atoms with Crippen LogP contribution in [-0.4, -0.2) is 28.7 Å². The van der Waals surface area contributed by atoms with Crippen LogP contribution >= 0.6 is 27.3 Å². The van der Waals surface area contributed by atoms with Gasteiger partial charge >= 0.3 is 0 Å². The topological polar surface area (TPSA) is 20.3 Å². The molecule has 1 fully saturated rings. The summed E-state index contributed by atoms with van der Waals surface area (Å²) < 4.78 is 0. The highest BCUT2D eigenvalue weighted by molar-refractivity contribution is 9.09. The number of carbonyl (C=O) groups is 1. The van der Waals surface area contributed by atoms with Crippen molar-refractivity contribution in [3.8, 4) is 0 Å². The number of hydrogen-bond acceptors (Lipinski definition) is 2. The Morgan fingerprint density at radius 3 is 2.84 bits per heavy atom. The number of amides is 1. The molecule has 0 aliphatic carbocycles. The number of likely N-dealkylation sites (tertiary alicyclic amines) is 1. The van der Waals surface area contributed by atoms with Crippen molar-refractivity contribution in [1.29, 1.82) is 0 Å². The van der Waals surface area contributed by atoms with Crippen molar-refractivity contribution >= 4 is 33.2 Å². The lowest BCUT2D eigenvalue weighted by molar-refractivity contribution is -0.132. The summed E-state index contributed by atoms with van der Waals surface area (Å²) in [5, 5.41) is 2.10. The number of alkyl halides is 1.